The molecule has 4 rings (SSSR count). The second-order valence-electron chi connectivity index (χ2n) is 6.80. The molecule has 1 aromatic carbocycles. The van der Waals surface area contributed by atoms with Crippen LogP contribution in [0.2, 0.25) is 5.02 Å². The van der Waals surface area contributed by atoms with Gasteiger partial charge in [-0.1, -0.05) is 11.6 Å². The maximum absolute atomic E-state index is 12.8. The maximum Gasteiger partial charge on any atom is 0.252 e. The van der Waals surface area contributed by atoms with Gasteiger partial charge in [0.2, 0.25) is 0 Å². The van der Waals surface area contributed by atoms with Crippen molar-refractivity contribution in [2.45, 2.75) is 13.0 Å². The van der Waals surface area contributed by atoms with Crippen LogP contribution in [0.3, 0.4) is 0 Å². The Labute approximate surface area is 168 Å². The largest absolute Gasteiger partial charge is 0.379 e. The van der Waals surface area contributed by atoms with Gasteiger partial charge in [0.1, 0.15) is 5.82 Å². The quantitative estimate of drug-likeness (QED) is 0.689. The number of hydrogen-bond donors (Lipinski definition) is 2. The van der Waals surface area contributed by atoms with E-state index in [1.54, 1.807) is 6.07 Å². The van der Waals surface area contributed by atoms with E-state index in [9.17, 15) is 4.79 Å². The van der Waals surface area contributed by atoms with Crippen molar-refractivity contribution in [1.29, 1.82) is 0 Å². The van der Waals surface area contributed by atoms with Crippen molar-refractivity contribution in [3.05, 3.63) is 58.8 Å². The van der Waals surface area contributed by atoms with Crippen LogP contribution in [0, 0.1) is 6.92 Å². The molecule has 8 heteroatoms. The van der Waals surface area contributed by atoms with Gasteiger partial charge in [-0.3, -0.25) is 9.69 Å². The van der Waals surface area contributed by atoms with Crippen molar-refractivity contribution >= 4 is 28.4 Å². The van der Waals surface area contributed by atoms with Crippen molar-refractivity contribution in [3.63, 3.8) is 0 Å². The van der Waals surface area contributed by atoms with Crippen LogP contribution in [0.25, 0.3) is 10.9 Å². The van der Waals surface area contributed by atoms with Crippen LogP contribution in [-0.4, -0.2) is 58.6 Å². The minimum atomic E-state index is -0.195. The summed E-state index contributed by atoms with van der Waals surface area (Å²) in [6.45, 7) is 5.23. The predicted octanol–water partition coefficient (Wildman–Crippen LogP) is 2.72. The number of aryl methyl sites for hydroxylation is 1. The summed E-state index contributed by atoms with van der Waals surface area (Å²) in [5.74, 6) is 0.527. The third-order valence-corrected chi connectivity index (χ3v) is 5.45. The van der Waals surface area contributed by atoms with Crippen LogP contribution in [0.4, 0.5) is 0 Å². The zero-order valence-electron chi connectivity index (χ0n) is 15.6. The standard InChI is InChI=1S/C20H22ClN5O2/c1-13-23-10-14(11-24-13)18(26-6-8-28-9-7-26)12-25-20(27)16-2-3-17-15(19(16)21)4-5-22-17/h2-5,10-11,18,22H,6-9,12H2,1H3,(H,25,27)/t18-/m1/s1. The van der Waals surface area contributed by atoms with E-state index < -0.39 is 0 Å². The summed E-state index contributed by atoms with van der Waals surface area (Å²) in [5.41, 5.74) is 2.35. The SMILES string of the molecule is Cc1ncc([C@@H](CNC(=O)c2ccc3[nH]ccc3c2Cl)N2CCOCC2)cn1. The molecule has 1 aliphatic heterocycles. The van der Waals surface area contributed by atoms with E-state index in [1.807, 2.05) is 37.6 Å². The highest BCUT2D eigenvalue weighted by atomic mass is 35.5. The van der Waals surface area contributed by atoms with Crippen molar-refractivity contribution < 1.29 is 9.53 Å². The van der Waals surface area contributed by atoms with Gasteiger partial charge in [0, 0.05) is 54.7 Å². The summed E-state index contributed by atoms with van der Waals surface area (Å²) < 4.78 is 5.47. The Morgan fingerprint density at radius 3 is 2.79 bits per heavy atom. The van der Waals surface area contributed by atoms with Gasteiger partial charge in [0.25, 0.3) is 5.91 Å². The molecule has 0 saturated carbocycles. The molecule has 0 spiro atoms. The van der Waals surface area contributed by atoms with E-state index in [4.69, 9.17) is 16.3 Å². The molecule has 7 nitrogen and oxygen atoms in total. The van der Waals surface area contributed by atoms with Crippen LogP contribution >= 0.6 is 11.6 Å². The number of rotatable bonds is 5. The summed E-state index contributed by atoms with van der Waals surface area (Å²) >= 11 is 6.45. The molecule has 3 heterocycles. The number of amides is 1. The summed E-state index contributed by atoms with van der Waals surface area (Å²) in [6, 6.07) is 5.45. The highest BCUT2D eigenvalue weighted by Crippen LogP contribution is 2.27. The molecule has 146 valence electrons. The fourth-order valence-corrected chi connectivity index (χ4v) is 3.79. The lowest BCUT2D eigenvalue weighted by Gasteiger charge is -2.34. The molecular formula is C20H22ClN5O2. The number of benzene rings is 1. The average Bonchev–Trinajstić information content (AvgIpc) is 3.20. The first-order valence-corrected chi connectivity index (χ1v) is 9.65. The first kappa shape index (κ1) is 18.9. The molecule has 28 heavy (non-hydrogen) atoms. The van der Waals surface area contributed by atoms with Crippen LogP contribution in [-0.2, 0) is 4.74 Å². The number of nitrogens with one attached hydrogen (secondary N) is 2. The number of ether oxygens (including phenoxy) is 1. The number of fused-ring (bicyclic) bond motifs is 1. The van der Waals surface area contributed by atoms with Crippen molar-refractivity contribution in [2.24, 2.45) is 0 Å². The van der Waals surface area contributed by atoms with E-state index in [0.29, 0.717) is 30.3 Å². The van der Waals surface area contributed by atoms with Crippen LogP contribution in [0.1, 0.15) is 27.8 Å². The Morgan fingerprint density at radius 2 is 2.04 bits per heavy atom. The van der Waals surface area contributed by atoms with E-state index in [-0.39, 0.29) is 11.9 Å². The summed E-state index contributed by atoms with van der Waals surface area (Å²) in [5, 5.41) is 4.33. The summed E-state index contributed by atoms with van der Waals surface area (Å²) in [6.07, 6.45) is 5.46. The van der Waals surface area contributed by atoms with Gasteiger partial charge in [-0.15, -0.1) is 0 Å². The number of aromatic nitrogens is 3. The molecule has 1 aliphatic rings. The molecule has 3 aromatic rings. The maximum atomic E-state index is 12.8. The van der Waals surface area contributed by atoms with Gasteiger partial charge in [-0.2, -0.15) is 0 Å². The van der Waals surface area contributed by atoms with Gasteiger partial charge in [0.05, 0.1) is 29.8 Å². The zero-order chi connectivity index (χ0) is 19.5. The Kier molecular flexibility index (Phi) is 5.57. The molecule has 0 unspecified atom stereocenters. The first-order valence-electron chi connectivity index (χ1n) is 9.27. The summed E-state index contributed by atoms with van der Waals surface area (Å²) in [7, 11) is 0. The Balaban J connectivity index is 1.53. The van der Waals surface area contributed by atoms with Gasteiger partial charge in [-0.25, -0.2) is 9.97 Å². The van der Waals surface area contributed by atoms with E-state index >= 15 is 0 Å². The van der Waals surface area contributed by atoms with Crippen molar-refractivity contribution in [3.8, 4) is 0 Å². The van der Waals surface area contributed by atoms with Crippen molar-refractivity contribution in [1.82, 2.24) is 25.2 Å². The van der Waals surface area contributed by atoms with Crippen LogP contribution in [0.15, 0.2) is 36.8 Å². The molecule has 0 radical (unpaired) electrons. The predicted molar refractivity (Wildman–Crippen MR) is 108 cm³/mol. The third-order valence-electron chi connectivity index (χ3n) is 5.04. The molecule has 0 aliphatic carbocycles. The smallest absolute Gasteiger partial charge is 0.252 e. The molecule has 2 N–H and O–H groups in total. The molecule has 1 saturated heterocycles. The Morgan fingerprint density at radius 1 is 1.29 bits per heavy atom. The van der Waals surface area contributed by atoms with Crippen LogP contribution in [0.5, 0.6) is 0 Å². The normalized spacial score (nSPS) is 16.2. The number of H-pyrrole nitrogens is 1. The highest BCUT2D eigenvalue weighted by molar-refractivity contribution is 6.38. The minimum Gasteiger partial charge on any atom is -0.379 e. The lowest BCUT2D eigenvalue weighted by molar-refractivity contribution is 0.0161. The first-order chi connectivity index (χ1) is 13.6. The van der Waals surface area contributed by atoms with Gasteiger partial charge in [0.15, 0.2) is 0 Å². The second-order valence-corrected chi connectivity index (χ2v) is 7.18. The number of carbonyl (C=O) groups is 1. The number of morpholine rings is 1. The molecule has 2 aromatic heterocycles. The minimum absolute atomic E-state index is 0.0248. The zero-order valence-corrected chi connectivity index (χ0v) is 16.4. The number of carbonyl (C=O) groups excluding carboxylic acids is 1. The van der Waals surface area contributed by atoms with Crippen molar-refractivity contribution in [2.75, 3.05) is 32.8 Å². The third kappa shape index (κ3) is 3.87. The molecule has 1 amide bonds. The highest BCUT2D eigenvalue weighted by Gasteiger charge is 2.24. The molecule has 1 fully saturated rings. The van der Waals surface area contributed by atoms with Gasteiger partial charge >= 0.3 is 0 Å². The fourth-order valence-electron chi connectivity index (χ4n) is 3.48. The summed E-state index contributed by atoms with van der Waals surface area (Å²) in [4.78, 5) is 26.8. The topological polar surface area (TPSA) is 83.1 Å². The lowest BCUT2D eigenvalue weighted by atomic mass is 10.1. The lowest BCUT2D eigenvalue weighted by Crippen LogP contribution is -2.44. The Hall–Kier alpha value is -2.48. The second kappa shape index (κ2) is 8.26. The van der Waals surface area contributed by atoms with E-state index in [1.165, 1.54) is 0 Å². The molecule has 1 atom stereocenters. The Bertz CT molecular complexity index is 966. The monoisotopic (exact) mass is 399 g/mol. The fraction of sp³-hybridized carbons (Fsp3) is 0.350. The average molecular weight is 400 g/mol. The van der Waals surface area contributed by atoms with Gasteiger partial charge < -0.3 is 15.0 Å². The number of aromatic amines is 1. The number of halogens is 1. The van der Waals surface area contributed by atoms with Crippen LogP contribution < -0.4 is 5.32 Å². The van der Waals surface area contributed by atoms with E-state index in [2.05, 4.69) is 25.2 Å². The number of hydrogen-bond acceptors (Lipinski definition) is 5. The molecular weight excluding hydrogens is 378 g/mol. The molecule has 0 bridgehead atoms. The van der Waals surface area contributed by atoms with E-state index in [0.717, 1.165) is 35.4 Å². The number of nitrogens with zero attached hydrogens (tertiary/aromatic N) is 3. The van der Waals surface area contributed by atoms with Gasteiger partial charge in [-0.05, 0) is 25.1 Å².